The molecule has 1 heterocycles. The van der Waals surface area contributed by atoms with Gasteiger partial charge in [-0.1, -0.05) is 11.6 Å². The normalized spacial score (nSPS) is 22.7. The second kappa shape index (κ2) is 5.81. The highest BCUT2D eigenvalue weighted by atomic mass is 35.5. The molecule has 108 valence electrons. The van der Waals surface area contributed by atoms with Crippen molar-refractivity contribution in [3.63, 3.8) is 0 Å². The van der Waals surface area contributed by atoms with Crippen LogP contribution in [0.5, 0.6) is 0 Å². The van der Waals surface area contributed by atoms with Gasteiger partial charge in [0.05, 0.1) is 6.54 Å². The highest BCUT2D eigenvalue weighted by Crippen LogP contribution is 2.28. The first kappa shape index (κ1) is 14.8. The summed E-state index contributed by atoms with van der Waals surface area (Å²) in [5, 5.41) is 12.6. The predicted octanol–water partition coefficient (Wildman–Crippen LogP) is 2.22. The fourth-order valence-corrected chi connectivity index (χ4v) is 2.55. The Balaban J connectivity index is 1.98. The van der Waals surface area contributed by atoms with Gasteiger partial charge in [-0.3, -0.25) is 14.5 Å². The van der Waals surface area contributed by atoms with Crippen LogP contribution in [0.15, 0.2) is 24.3 Å². The van der Waals surface area contributed by atoms with E-state index < -0.39 is 11.5 Å². The maximum atomic E-state index is 12.0. The number of nitrogens with zero attached hydrogens (tertiary/aromatic N) is 1. The molecule has 6 heteroatoms. The molecule has 20 heavy (non-hydrogen) atoms. The Morgan fingerprint density at radius 2 is 2.05 bits per heavy atom. The Bertz CT molecular complexity index is 518. The highest BCUT2D eigenvalue weighted by molar-refractivity contribution is 6.30. The number of carboxylic acid groups (broad SMARTS) is 1. The van der Waals surface area contributed by atoms with Crippen molar-refractivity contribution < 1.29 is 14.7 Å². The third kappa shape index (κ3) is 3.11. The van der Waals surface area contributed by atoms with E-state index in [9.17, 15) is 14.7 Å². The second-order valence-electron chi connectivity index (χ2n) is 5.16. The smallest absolute Gasteiger partial charge is 0.323 e. The van der Waals surface area contributed by atoms with Crippen molar-refractivity contribution in [3.8, 4) is 0 Å². The number of anilines is 1. The second-order valence-corrected chi connectivity index (χ2v) is 5.60. The molecule has 1 aliphatic heterocycles. The van der Waals surface area contributed by atoms with Crippen molar-refractivity contribution in [1.29, 1.82) is 0 Å². The van der Waals surface area contributed by atoms with Crippen LogP contribution in [-0.2, 0) is 9.59 Å². The molecule has 5 nitrogen and oxygen atoms in total. The number of nitrogens with one attached hydrogen (secondary N) is 1. The number of hydrogen-bond acceptors (Lipinski definition) is 3. The summed E-state index contributed by atoms with van der Waals surface area (Å²) >= 11 is 5.77. The first-order valence-corrected chi connectivity index (χ1v) is 6.83. The van der Waals surface area contributed by atoms with Gasteiger partial charge in [-0.25, -0.2) is 0 Å². The monoisotopic (exact) mass is 296 g/mol. The van der Waals surface area contributed by atoms with Crippen LogP contribution in [0.2, 0.25) is 5.02 Å². The van der Waals surface area contributed by atoms with Gasteiger partial charge in [-0.2, -0.15) is 0 Å². The van der Waals surface area contributed by atoms with Crippen LogP contribution >= 0.6 is 11.6 Å². The van der Waals surface area contributed by atoms with Crippen LogP contribution < -0.4 is 5.32 Å². The van der Waals surface area contributed by atoms with Gasteiger partial charge in [0.15, 0.2) is 0 Å². The van der Waals surface area contributed by atoms with Crippen LogP contribution in [0, 0.1) is 0 Å². The number of aliphatic carboxylic acids is 1. The number of hydrogen-bond donors (Lipinski definition) is 2. The van der Waals surface area contributed by atoms with Crippen molar-refractivity contribution in [1.82, 2.24) is 4.90 Å². The van der Waals surface area contributed by atoms with Gasteiger partial charge in [-0.05, 0) is 50.6 Å². The van der Waals surface area contributed by atoms with E-state index in [0.29, 0.717) is 23.7 Å². The fraction of sp³-hybridized carbons (Fsp3) is 0.429. The summed E-state index contributed by atoms with van der Waals surface area (Å²) in [4.78, 5) is 25.0. The minimum Gasteiger partial charge on any atom is -0.480 e. The minimum absolute atomic E-state index is 0.0748. The van der Waals surface area contributed by atoms with E-state index in [-0.39, 0.29) is 12.5 Å². The van der Waals surface area contributed by atoms with Crippen LogP contribution in [0.3, 0.4) is 0 Å². The van der Waals surface area contributed by atoms with Gasteiger partial charge in [0, 0.05) is 10.7 Å². The molecule has 1 unspecified atom stereocenters. The third-order valence-electron chi connectivity index (χ3n) is 3.71. The molecule has 1 fully saturated rings. The lowest BCUT2D eigenvalue weighted by atomic mass is 9.99. The number of benzene rings is 1. The largest absolute Gasteiger partial charge is 0.480 e. The quantitative estimate of drug-likeness (QED) is 0.894. The molecule has 2 N–H and O–H groups in total. The standard InChI is InChI=1S/C14H17ClN2O3/c1-14(13(19)20)7-2-8-17(14)9-12(18)16-11-5-3-10(15)4-6-11/h3-6H,2,7-9H2,1H3,(H,16,18)(H,19,20). The number of carbonyl (C=O) groups excluding carboxylic acids is 1. The van der Waals surface area contributed by atoms with Gasteiger partial charge in [0.2, 0.25) is 5.91 Å². The number of halogens is 1. The van der Waals surface area contributed by atoms with Gasteiger partial charge in [0.1, 0.15) is 5.54 Å². The summed E-state index contributed by atoms with van der Waals surface area (Å²) in [5.41, 5.74) is -0.298. The average molecular weight is 297 g/mol. The van der Waals surface area contributed by atoms with E-state index in [2.05, 4.69) is 5.32 Å². The minimum atomic E-state index is -0.947. The molecular formula is C14H17ClN2O3. The Kier molecular flexibility index (Phi) is 4.30. The number of carboxylic acids is 1. The first-order valence-electron chi connectivity index (χ1n) is 6.46. The first-order chi connectivity index (χ1) is 9.41. The molecule has 0 aliphatic carbocycles. The van der Waals surface area contributed by atoms with Crippen molar-refractivity contribution >= 4 is 29.2 Å². The van der Waals surface area contributed by atoms with Crippen molar-refractivity contribution in [2.45, 2.75) is 25.3 Å². The summed E-state index contributed by atoms with van der Waals surface area (Å²) in [6, 6.07) is 6.80. The maximum absolute atomic E-state index is 12.0. The molecule has 1 saturated heterocycles. The lowest BCUT2D eigenvalue weighted by Gasteiger charge is -2.30. The Morgan fingerprint density at radius 1 is 1.40 bits per heavy atom. The zero-order valence-corrected chi connectivity index (χ0v) is 12.0. The van der Waals surface area contributed by atoms with Gasteiger partial charge >= 0.3 is 5.97 Å². The maximum Gasteiger partial charge on any atom is 0.323 e. The summed E-state index contributed by atoms with van der Waals surface area (Å²) < 4.78 is 0. The van der Waals surface area contributed by atoms with Crippen LogP contribution in [0.1, 0.15) is 19.8 Å². The van der Waals surface area contributed by atoms with Crippen LogP contribution in [-0.4, -0.2) is 40.5 Å². The fourth-order valence-electron chi connectivity index (χ4n) is 2.42. The Hall–Kier alpha value is -1.59. The molecule has 0 bridgehead atoms. The van der Waals surface area contributed by atoms with Crippen LogP contribution in [0.4, 0.5) is 5.69 Å². The topological polar surface area (TPSA) is 69.6 Å². The summed E-state index contributed by atoms with van der Waals surface area (Å²) in [7, 11) is 0. The van der Waals surface area contributed by atoms with Gasteiger partial charge in [0.25, 0.3) is 0 Å². The molecule has 0 spiro atoms. The molecule has 0 saturated carbocycles. The zero-order chi connectivity index (χ0) is 14.8. The van der Waals surface area contributed by atoms with E-state index in [1.54, 1.807) is 36.1 Å². The lowest BCUT2D eigenvalue weighted by Crippen LogP contribution is -2.50. The summed E-state index contributed by atoms with van der Waals surface area (Å²) in [6.45, 7) is 2.36. The predicted molar refractivity (Wildman–Crippen MR) is 76.9 cm³/mol. The van der Waals surface area contributed by atoms with E-state index in [1.807, 2.05) is 0 Å². The highest BCUT2D eigenvalue weighted by Gasteiger charge is 2.43. The molecule has 2 rings (SSSR count). The van der Waals surface area contributed by atoms with Crippen molar-refractivity contribution in [3.05, 3.63) is 29.3 Å². The summed E-state index contributed by atoms with van der Waals surface area (Å²) in [5.74, 6) is -1.10. The Labute approximate surface area is 122 Å². The van der Waals surface area contributed by atoms with E-state index in [0.717, 1.165) is 6.42 Å². The average Bonchev–Trinajstić information content (AvgIpc) is 2.75. The molecular weight excluding hydrogens is 280 g/mol. The SMILES string of the molecule is CC1(C(=O)O)CCCN1CC(=O)Nc1ccc(Cl)cc1. The number of likely N-dealkylation sites (tertiary alicyclic amines) is 1. The van der Waals surface area contributed by atoms with E-state index in [4.69, 9.17) is 11.6 Å². The molecule has 1 aromatic carbocycles. The van der Waals surface area contributed by atoms with Crippen molar-refractivity contribution in [2.75, 3.05) is 18.4 Å². The molecule has 0 radical (unpaired) electrons. The number of carbonyl (C=O) groups is 2. The number of rotatable bonds is 4. The summed E-state index contributed by atoms with van der Waals surface area (Å²) in [6.07, 6.45) is 1.35. The number of amides is 1. The third-order valence-corrected chi connectivity index (χ3v) is 3.96. The molecule has 1 amide bonds. The molecule has 1 aliphatic rings. The van der Waals surface area contributed by atoms with Gasteiger partial charge < -0.3 is 10.4 Å². The zero-order valence-electron chi connectivity index (χ0n) is 11.2. The van der Waals surface area contributed by atoms with Gasteiger partial charge in [-0.15, -0.1) is 0 Å². The Morgan fingerprint density at radius 3 is 2.65 bits per heavy atom. The van der Waals surface area contributed by atoms with E-state index >= 15 is 0 Å². The van der Waals surface area contributed by atoms with Crippen molar-refractivity contribution in [2.24, 2.45) is 0 Å². The van der Waals surface area contributed by atoms with E-state index in [1.165, 1.54) is 0 Å². The lowest BCUT2D eigenvalue weighted by molar-refractivity contribution is -0.149. The molecule has 1 atom stereocenters. The van der Waals surface area contributed by atoms with Crippen LogP contribution in [0.25, 0.3) is 0 Å². The molecule has 1 aromatic rings. The molecule has 0 aromatic heterocycles.